The molecule has 218 valence electrons. The Morgan fingerprint density at radius 3 is 2.38 bits per heavy atom. The van der Waals surface area contributed by atoms with Gasteiger partial charge in [0, 0.05) is 69.0 Å². The maximum Gasteiger partial charge on any atom is 0.225 e. The molecule has 0 bridgehead atoms. The number of anilines is 3. The number of methoxy groups -OCH3 is 1. The van der Waals surface area contributed by atoms with E-state index in [0.717, 1.165) is 87.5 Å². The summed E-state index contributed by atoms with van der Waals surface area (Å²) in [7, 11) is 12.4. The highest BCUT2D eigenvalue weighted by Crippen LogP contribution is 2.31. The van der Waals surface area contributed by atoms with Crippen molar-refractivity contribution in [3.63, 3.8) is 0 Å². The number of hydrogen-bond acceptors (Lipinski definition) is 9. The summed E-state index contributed by atoms with van der Waals surface area (Å²) in [6.45, 7) is 6.80. The van der Waals surface area contributed by atoms with Gasteiger partial charge in [0.2, 0.25) is 5.95 Å². The number of likely N-dealkylation sites (tertiary alicyclic amines) is 1. The Morgan fingerprint density at radius 2 is 1.65 bits per heavy atom. The van der Waals surface area contributed by atoms with Crippen LogP contribution in [0.2, 0.25) is 0 Å². The molecular weight excluding hydrogens is 500 g/mol. The SMILES string of the molecule is COc1cccc(N(C)CCN(C)C)c1CN1CCC(Nc2nc(NCCCN(C)C)nc3ccccc23)CC1. The number of aromatic nitrogens is 2. The molecule has 2 aromatic carbocycles. The van der Waals surface area contributed by atoms with E-state index in [2.05, 4.69) is 102 Å². The maximum atomic E-state index is 5.80. The van der Waals surface area contributed by atoms with Gasteiger partial charge in [0.25, 0.3) is 0 Å². The molecule has 2 heterocycles. The zero-order valence-electron chi connectivity index (χ0n) is 25.3. The third kappa shape index (κ3) is 8.19. The van der Waals surface area contributed by atoms with Gasteiger partial charge >= 0.3 is 0 Å². The summed E-state index contributed by atoms with van der Waals surface area (Å²) in [4.78, 5) is 19.0. The minimum Gasteiger partial charge on any atom is -0.496 e. The second kappa shape index (κ2) is 14.5. The van der Waals surface area contributed by atoms with Gasteiger partial charge in [-0.2, -0.15) is 4.98 Å². The van der Waals surface area contributed by atoms with Crippen molar-refractivity contribution >= 4 is 28.4 Å². The van der Waals surface area contributed by atoms with Crippen LogP contribution in [0.1, 0.15) is 24.8 Å². The first kappa shape index (κ1) is 29.8. The molecule has 0 amide bonds. The highest BCUT2D eigenvalue weighted by atomic mass is 16.5. The standard InChI is InChI=1S/C31H48N8O/c1-36(2)18-10-17-32-31-34-27-12-8-7-11-25(27)30(35-31)33-24-15-19-39(20-16-24)23-26-28(13-9-14-29(26)40-6)38(5)22-21-37(3)4/h7-9,11-14,24H,10,15-23H2,1-6H3,(H2,32,33,34,35). The largest absolute Gasteiger partial charge is 0.496 e. The maximum absolute atomic E-state index is 5.80. The van der Waals surface area contributed by atoms with Gasteiger partial charge in [0.1, 0.15) is 11.6 Å². The van der Waals surface area contributed by atoms with Crippen LogP contribution in [0.4, 0.5) is 17.5 Å². The summed E-state index contributed by atoms with van der Waals surface area (Å²) in [6, 6.07) is 15.0. The van der Waals surface area contributed by atoms with Crippen LogP contribution >= 0.6 is 0 Å². The Hall–Kier alpha value is -3.14. The average Bonchev–Trinajstić information content (AvgIpc) is 2.95. The van der Waals surface area contributed by atoms with E-state index in [1.165, 1.54) is 11.3 Å². The fourth-order valence-corrected chi connectivity index (χ4v) is 5.25. The molecule has 40 heavy (non-hydrogen) atoms. The van der Waals surface area contributed by atoms with E-state index in [1.807, 2.05) is 6.07 Å². The van der Waals surface area contributed by atoms with E-state index in [0.29, 0.717) is 12.0 Å². The van der Waals surface area contributed by atoms with Crippen molar-refractivity contribution in [1.29, 1.82) is 0 Å². The molecule has 1 saturated heterocycles. The Balaban J connectivity index is 1.40. The molecule has 9 nitrogen and oxygen atoms in total. The van der Waals surface area contributed by atoms with Crippen molar-refractivity contribution < 1.29 is 4.74 Å². The van der Waals surface area contributed by atoms with Crippen LogP contribution in [0.25, 0.3) is 10.9 Å². The molecule has 0 spiro atoms. The quantitative estimate of drug-likeness (QED) is 0.290. The lowest BCUT2D eigenvalue weighted by atomic mass is 10.0. The fourth-order valence-electron chi connectivity index (χ4n) is 5.25. The number of fused-ring (bicyclic) bond motifs is 1. The number of benzene rings is 2. The molecule has 9 heteroatoms. The van der Waals surface area contributed by atoms with Crippen LogP contribution in [-0.2, 0) is 6.54 Å². The Bertz CT molecular complexity index is 1210. The fraction of sp³-hybridized carbons (Fsp3) is 0.548. The number of likely N-dealkylation sites (N-methyl/N-ethyl adjacent to an activating group) is 2. The van der Waals surface area contributed by atoms with Crippen LogP contribution in [0.5, 0.6) is 5.75 Å². The zero-order chi connectivity index (χ0) is 28.5. The first-order valence-corrected chi connectivity index (χ1v) is 14.5. The predicted molar refractivity (Wildman–Crippen MR) is 168 cm³/mol. The van der Waals surface area contributed by atoms with E-state index >= 15 is 0 Å². The van der Waals surface area contributed by atoms with E-state index in [-0.39, 0.29) is 0 Å². The van der Waals surface area contributed by atoms with E-state index in [9.17, 15) is 0 Å². The molecule has 3 aromatic rings. The van der Waals surface area contributed by atoms with Crippen LogP contribution in [0, 0.1) is 0 Å². The van der Waals surface area contributed by atoms with Gasteiger partial charge in [-0.25, -0.2) is 4.98 Å². The molecular formula is C31H48N8O. The molecule has 0 atom stereocenters. The van der Waals surface area contributed by atoms with Crippen LogP contribution < -0.4 is 20.3 Å². The minimum atomic E-state index is 0.371. The number of piperidine rings is 1. The Labute approximate surface area is 240 Å². The van der Waals surface area contributed by atoms with Crippen molar-refractivity contribution in [3.8, 4) is 5.75 Å². The summed E-state index contributed by atoms with van der Waals surface area (Å²) in [6.07, 6.45) is 3.17. The molecule has 1 fully saturated rings. The molecule has 2 N–H and O–H groups in total. The van der Waals surface area contributed by atoms with Crippen molar-refractivity contribution in [2.75, 3.05) is 97.2 Å². The van der Waals surface area contributed by atoms with Crippen LogP contribution in [-0.4, -0.2) is 112 Å². The predicted octanol–water partition coefficient (Wildman–Crippen LogP) is 4.08. The van der Waals surface area contributed by atoms with E-state index in [1.54, 1.807) is 7.11 Å². The summed E-state index contributed by atoms with van der Waals surface area (Å²) < 4.78 is 5.80. The van der Waals surface area contributed by atoms with Gasteiger partial charge in [-0.1, -0.05) is 18.2 Å². The van der Waals surface area contributed by atoms with Gasteiger partial charge in [-0.05, 0) is 78.3 Å². The number of nitrogens with one attached hydrogen (secondary N) is 2. The van der Waals surface area contributed by atoms with Gasteiger partial charge < -0.3 is 30.1 Å². The highest BCUT2D eigenvalue weighted by Gasteiger charge is 2.23. The minimum absolute atomic E-state index is 0.371. The molecule has 0 aliphatic carbocycles. The smallest absolute Gasteiger partial charge is 0.225 e. The molecule has 0 saturated carbocycles. The van der Waals surface area contributed by atoms with Crippen LogP contribution in [0.15, 0.2) is 42.5 Å². The molecule has 1 aliphatic rings. The number of rotatable bonds is 14. The lowest BCUT2D eigenvalue weighted by Gasteiger charge is -2.34. The molecule has 1 aliphatic heterocycles. The van der Waals surface area contributed by atoms with Crippen molar-refractivity contribution in [3.05, 3.63) is 48.0 Å². The summed E-state index contributed by atoms with van der Waals surface area (Å²) in [5.41, 5.74) is 3.48. The van der Waals surface area contributed by atoms with Gasteiger partial charge in [0.15, 0.2) is 0 Å². The normalized spacial score (nSPS) is 14.7. The molecule has 0 unspecified atom stereocenters. The second-order valence-electron chi connectivity index (χ2n) is 11.4. The zero-order valence-corrected chi connectivity index (χ0v) is 25.3. The molecule has 1 aromatic heterocycles. The second-order valence-corrected chi connectivity index (χ2v) is 11.4. The molecule has 4 rings (SSSR count). The first-order valence-electron chi connectivity index (χ1n) is 14.5. The number of nitrogens with zero attached hydrogens (tertiary/aromatic N) is 6. The van der Waals surface area contributed by atoms with Crippen molar-refractivity contribution in [2.24, 2.45) is 0 Å². The molecule has 0 radical (unpaired) electrons. The Kier molecular flexibility index (Phi) is 10.8. The summed E-state index contributed by atoms with van der Waals surface area (Å²) >= 11 is 0. The number of ether oxygens (including phenoxy) is 1. The van der Waals surface area contributed by atoms with Gasteiger partial charge in [-0.3, -0.25) is 4.90 Å². The van der Waals surface area contributed by atoms with E-state index in [4.69, 9.17) is 14.7 Å². The van der Waals surface area contributed by atoms with Crippen molar-refractivity contribution in [1.82, 2.24) is 24.7 Å². The lowest BCUT2D eigenvalue weighted by molar-refractivity contribution is 0.209. The third-order valence-corrected chi connectivity index (χ3v) is 7.60. The third-order valence-electron chi connectivity index (χ3n) is 7.60. The topological polar surface area (TPSA) is 72.0 Å². The average molecular weight is 549 g/mol. The lowest BCUT2D eigenvalue weighted by Crippen LogP contribution is -2.39. The highest BCUT2D eigenvalue weighted by molar-refractivity contribution is 5.90. The van der Waals surface area contributed by atoms with Gasteiger partial charge in [0.05, 0.1) is 12.6 Å². The summed E-state index contributed by atoms with van der Waals surface area (Å²) in [5, 5.41) is 8.27. The van der Waals surface area contributed by atoms with Crippen LogP contribution in [0.3, 0.4) is 0 Å². The van der Waals surface area contributed by atoms with Gasteiger partial charge in [-0.15, -0.1) is 0 Å². The number of para-hydroxylation sites is 1. The first-order chi connectivity index (χ1) is 19.3. The number of hydrogen-bond donors (Lipinski definition) is 2. The van der Waals surface area contributed by atoms with Crippen molar-refractivity contribution in [2.45, 2.75) is 31.8 Å². The monoisotopic (exact) mass is 548 g/mol. The van der Waals surface area contributed by atoms with E-state index < -0.39 is 0 Å². The summed E-state index contributed by atoms with van der Waals surface area (Å²) in [5.74, 6) is 2.58. The Morgan fingerprint density at radius 1 is 0.900 bits per heavy atom.